The SMILES string of the molecule is CCOc1cc(N2CCC(N3CCN(C)CC3)CC2)ccc1Nc1ncc(Br)c(Nc2ccccc2S(=O)(=O)NC)n1. The summed E-state index contributed by atoms with van der Waals surface area (Å²) in [7, 11) is -0.0852. The maximum atomic E-state index is 12.5. The minimum Gasteiger partial charge on any atom is -0.492 e. The van der Waals surface area contributed by atoms with Crippen LogP contribution in [0.15, 0.2) is 58.0 Å². The van der Waals surface area contributed by atoms with Crippen LogP contribution in [0.1, 0.15) is 19.8 Å². The van der Waals surface area contributed by atoms with Gasteiger partial charge in [-0.25, -0.2) is 18.1 Å². The highest BCUT2D eigenvalue weighted by molar-refractivity contribution is 9.10. The zero-order valence-electron chi connectivity index (χ0n) is 24.3. The molecule has 0 saturated carbocycles. The van der Waals surface area contributed by atoms with Crippen LogP contribution in [0.4, 0.5) is 28.8 Å². The van der Waals surface area contributed by atoms with Crippen LogP contribution >= 0.6 is 15.9 Å². The van der Waals surface area contributed by atoms with Gasteiger partial charge in [-0.05, 0) is 74.1 Å². The molecular formula is C29H39BrN8O3S. The second kappa shape index (κ2) is 13.6. The van der Waals surface area contributed by atoms with E-state index < -0.39 is 10.0 Å². The summed E-state index contributed by atoms with van der Waals surface area (Å²) in [6.07, 6.45) is 3.94. The van der Waals surface area contributed by atoms with E-state index in [1.807, 2.05) is 13.0 Å². The molecule has 3 aromatic rings. The molecule has 3 heterocycles. The molecule has 0 amide bonds. The van der Waals surface area contributed by atoms with Crippen LogP contribution < -0.4 is 25.0 Å². The predicted octanol–water partition coefficient (Wildman–Crippen LogP) is 4.25. The van der Waals surface area contributed by atoms with Crippen LogP contribution in [0, 0.1) is 0 Å². The van der Waals surface area contributed by atoms with Crippen molar-refractivity contribution in [1.29, 1.82) is 0 Å². The number of hydrogen-bond acceptors (Lipinski definition) is 10. The van der Waals surface area contributed by atoms with Crippen molar-refractivity contribution in [3.63, 3.8) is 0 Å². The summed E-state index contributed by atoms with van der Waals surface area (Å²) >= 11 is 3.47. The highest BCUT2D eigenvalue weighted by Gasteiger charge is 2.27. The van der Waals surface area contributed by atoms with Crippen molar-refractivity contribution in [2.24, 2.45) is 0 Å². The number of piperidine rings is 1. The Morgan fingerprint density at radius 1 is 1.00 bits per heavy atom. The zero-order chi connectivity index (χ0) is 29.7. The Hall–Kier alpha value is -2.97. The Kier molecular flexibility index (Phi) is 9.84. The molecule has 0 bridgehead atoms. The lowest BCUT2D eigenvalue weighted by Gasteiger charge is -2.42. The molecule has 2 aliphatic rings. The number of nitrogens with one attached hydrogen (secondary N) is 3. The van der Waals surface area contributed by atoms with Gasteiger partial charge in [-0.15, -0.1) is 0 Å². The molecule has 2 fully saturated rings. The maximum absolute atomic E-state index is 12.5. The molecule has 3 N–H and O–H groups in total. The molecule has 42 heavy (non-hydrogen) atoms. The summed E-state index contributed by atoms with van der Waals surface area (Å²) in [5.41, 5.74) is 2.29. The van der Waals surface area contributed by atoms with E-state index in [9.17, 15) is 8.42 Å². The third-order valence-electron chi connectivity index (χ3n) is 7.84. The summed E-state index contributed by atoms with van der Waals surface area (Å²) in [6, 6.07) is 13.5. The standard InChI is InChI=1S/C29H39BrN8O3S/c1-4-41-26-19-22(37-13-11-21(12-14-37)38-17-15-36(3)16-18-38)9-10-24(26)34-29-32-20-23(30)28(35-29)33-25-7-5-6-8-27(25)42(39,40)31-2/h5-10,19-21,31H,4,11-18H2,1-3H3,(H2,32,33,34,35). The number of rotatable bonds is 10. The number of nitrogens with zero attached hydrogens (tertiary/aromatic N) is 5. The third kappa shape index (κ3) is 7.14. The fourth-order valence-corrected chi connectivity index (χ4v) is 6.62. The molecule has 0 aliphatic carbocycles. The summed E-state index contributed by atoms with van der Waals surface area (Å²) in [6.45, 7) is 9.14. The van der Waals surface area contributed by atoms with Gasteiger partial charge in [-0.2, -0.15) is 4.98 Å². The van der Waals surface area contributed by atoms with Crippen molar-refractivity contribution < 1.29 is 13.2 Å². The molecule has 5 rings (SSSR count). The number of hydrogen-bond donors (Lipinski definition) is 3. The Bertz CT molecular complexity index is 1480. The van der Waals surface area contributed by atoms with Crippen LogP contribution in [0.3, 0.4) is 0 Å². The topological polar surface area (TPSA) is 115 Å². The summed E-state index contributed by atoms with van der Waals surface area (Å²) in [5, 5.41) is 6.41. The maximum Gasteiger partial charge on any atom is 0.242 e. The van der Waals surface area contributed by atoms with Crippen LogP contribution in [-0.2, 0) is 10.0 Å². The first kappa shape index (κ1) is 30.5. The van der Waals surface area contributed by atoms with E-state index in [4.69, 9.17) is 4.74 Å². The van der Waals surface area contributed by atoms with E-state index in [-0.39, 0.29) is 4.90 Å². The highest BCUT2D eigenvalue weighted by Crippen LogP contribution is 2.34. The lowest BCUT2D eigenvalue weighted by atomic mass is 10.0. The minimum atomic E-state index is -3.67. The first-order valence-corrected chi connectivity index (χ1v) is 16.6. The largest absolute Gasteiger partial charge is 0.492 e. The van der Waals surface area contributed by atoms with Crippen molar-refractivity contribution in [3.05, 3.63) is 53.1 Å². The predicted molar refractivity (Wildman–Crippen MR) is 171 cm³/mol. The minimum absolute atomic E-state index is 0.120. The molecule has 0 radical (unpaired) electrons. The number of halogens is 1. The van der Waals surface area contributed by atoms with Crippen LogP contribution in [0.5, 0.6) is 5.75 Å². The number of piperazine rings is 1. The molecule has 1 aromatic heterocycles. The molecule has 0 unspecified atom stereocenters. The molecule has 226 valence electrons. The summed E-state index contributed by atoms with van der Waals surface area (Å²) in [5.74, 6) is 1.49. The molecule has 2 aliphatic heterocycles. The zero-order valence-corrected chi connectivity index (χ0v) is 26.7. The number of aromatic nitrogens is 2. The molecule has 0 atom stereocenters. The molecular weight excluding hydrogens is 620 g/mol. The molecule has 11 nitrogen and oxygen atoms in total. The molecule has 2 aromatic carbocycles. The van der Waals surface area contributed by atoms with Crippen LogP contribution in [-0.4, -0.2) is 94.2 Å². The van der Waals surface area contributed by atoms with E-state index in [0.29, 0.717) is 34.6 Å². The number of ether oxygens (including phenoxy) is 1. The first-order chi connectivity index (χ1) is 20.3. The van der Waals surface area contributed by atoms with Crippen molar-refractivity contribution in [3.8, 4) is 5.75 Å². The second-order valence-corrected chi connectivity index (χ2v) is 13.2. The number of likely N-dealkylation sites (N-methyl/N-ethyl adjacent to an activating group) is 1. The van der Waals surface area contributed by atoms with Crippen molar-refractivity contribution >= 4 is 54.8 Å². The van der Waals surface area contributed by atoms with Crippen molar-refractivity contribution in [2.45, 2.75) is 30.7 Å². The average Bonchev–Trinajstić information content (AvgIpc) is 3.00. The van der Waals surface area contributed by atoms with Gasteiger partial charge >= 0.3 is 0 Å². The number of sulfonamides is 1. The van der Waals surface area contributed by atoms with Crippen molar-refractivity contribution in [2.75, 3.05) is 75.5 Å². The quantitative estimate of drug-likeness (QED) is 0.292. The van der Waals surface area contributed by atoms with Gasteiger partial charge in [0.2, 0.25) is 16.0 Å². The van der Waals surface area contributed by atoms with Gasteiger partial charge in [0.05, 0.1) is 22.5 Å². The van der Waals surface area contributed by atoms with Crippen LogP contribution in [0.25, 0.3) is 0 Å². The smallest absolute Gasteiger partial charge is 0.242 e. The first-order valence-electron chi connectivity index (χ1n) is 14.3. The van der Waals surface area contributed by atoms with E-state index in [1.54, 1.807) is 24.4 Å². The monoisotopic (exact) mass is 658 g/mol. The normalized spacial score (nSPS) is 17.3. The lowest BCUT2D eigenvalue weighted by molar-refractivity contribution is 0.0982. The Morgan fingerprint density at radius 2 is 1.74 bits per heavy atom. The molecule has 2 saturated heterocycles. The summed E-state index contributed by atoms with van der Waals surface area (Å²) in [4.78, 5) is 16.7. The fourth-order valence-electron chi connectivity index (χ4n) is 5.44. The van der Waals surface area contributed by atoms with Gasteiger partial charge in [-0.1, -0.05) is 12.1 Å². The van der Waals surface area contributed by atoms with Crippen LogP contribution in [0.2, 0.25) is 0 Å². The Balaban J connectivity index is 1.30. The van der Waals surface area contributed by atoms with E-state index in [2.05, 4.69) is 75.1 Å². The van der Waals surface area contributed by atoms with Gasteiger partial charge in [-0.3, -0.25) is 4.90 Å². The fraction of sp³-hybridized carbons (Fsp3) is 0.448. The lowest BCUT2D eigenvalue weighted by Crippen LogP contribution is -2.52. The number of para-hydroxylation sites is 1. The Labute approximate surface area is 256 Å². The van der Waals surface area contributed by atoms with E-state index in [0.717, 1.165) is 69.2 Å². The van der Waals surface area contributed by atoms with Gasteiger partial charge in [0.1, 0.15) is 16.5 Å². The Morgan fingerprint density at radius 3 is 2.45 bits per heavy atom. The number of benzene rings is 2. The van der Waals surface area contributed by atoms with E-state index in [1.165, 1.54) is 13.1 Å². The number of anilines is 5. The van der Waals surface area contributed by atoms with Gasteiger partial charge in [0.25, 0.3) is 0 Å². The summed E-state index contributed by atoms with van der Waals surface area (Å²) < 4.78 is 34.0. The third-order valence-corrected chi connectivity index (χ3v) is 9.89. The second-order valence-electron chi connectivity index (χ2n) is 10.5. The average molecular weight is 660 g/mol. The van der Waals surface area contributed by atoms with Gasteiger partial charge in [0, 0.05) is 63.3 Å². The van der Waals surface area contributed by atoms with Gasteiger partial charge < -0.3 is 25.2 Å². The van der Waals surface area contributed by atoms with Gasteiger partial charge in [0.15, 0.2) is 0 Å². The molecule has 0 spiro atoms. The molecule has 13 heteroatoms. The van der Waals surface area contributed by atoms with E-state index >= 15 is 0 Å². The van der Waals surface area contributed by atoms with Crippen molar-refractivity contribution in [1.82, 2.24) is 24.5 Å². The highest BCUT2D eigenvalue weighted by atomic mass is 79.9.